The molecule has 0 aromatic heterocycles. The van der Waals surface area contributed by atoms with Crippen LogP contribution in [0.25, 0.3) is 0 Å². The van der Waals surface area contributed by atoms with E-state index in [9.17, 15) is 23.4 Å². The normalized spacial score (nSPS) is 16.0. The molecular formula is C15H23NO6S. The monoisotopic (exact) mass is 345 g/mol. The first kappa shape index (κ1) is 19.6. The molecule has 0 fully saturated rings. The first-order valence-corrected chi connectivity index (χ1v) is 8.58. The van der Waals surface area contributed by atoms with Crippen LogP contribution in [0, 0.1) is 12.8 Å². The lowest BCUT2D eigenvalue weighted by molar-refractivity contribution is -0.177. The summed E-state index contributed by atoms with van der Waals surface area (Å²) in [6.07, 6.45) is -1.49. The van der Waals surface area contributed by atoms with Crippen LogP contribution in [-0.2, 0) is 19.6 Å². The van der Waals surface area contributed by atoms with Crippen molar-refractivity contribution in [1.82, 2.24) is 4.72 Å². The Kier molecular flexibility index (Phi) is 6.29. The molecule has 1 aromatic carbocycles. The summed E-state index contributed by atoms with van der Waals surface area (Å²) in [4.78, 5) is 11.8. The van der Waals surface area contributed by atoms with Gasteiger partial charge in [-0.05, 0) is 25.0 Å². The maximum Gasteiger partial charge on any atom is 0.342 e. The zero-order chi connectivity index (χ0) is 17.8. The van der Waals surface area contributed by atoms with Gasteiger partial charge in [-0.25, -0.2) is 17.9 Å². The van der Waals surface area contributed by atoms with Crippen LogP contribution in [0.5, 0.6) is 0 Å². The number of carbonyl (C=O) groups excluding carboxylic acids is 1. The Morgan fingerprint density at radius 2 is 1.83 bits per heavy atom. The van der Waals surface area contributed by atoms with Crippen LogP contribution in [0.15, 0.2) is 29.2 Å². The van der Waals surface area contributed by atoms with Gasteiger partial charge in [-0.3, -0.25) is 0 Å². The Balaban J connectivity index is 3.02. The largest absolute Gasteiger partial charge is 0.467 e. The number of hydrogen-bond acceptors (Lipinski definition) is 6. The summed E-state index contributed by atoms with van der Waals surface area (Å²) in [7, 11) is -2.89. The van der Waals surface area contributed by atoms with E-state index in [1.165, 1.54) is 12.1 Å². The van der Waals surface area contributed by atoms with Gasteiger partial charge in [0.1, 0.15) is 0 Å². The molecule has 130 valence electrons. The maximum atomic E-state index is 12.2. The van der Waals surface area contributed by atoms with Gasteiger partial charge in [0.25, 0.3) is 0 Å². The minimum atomic E-state index is -3.94. The van der Waals surface area contributed by atoms with Crippen molar-refractivity contribution in [3.05, 3.63) is 29.8 Å². The molecular weight excluding hydrogens is 322 g/mol. The minimum absolute atomic E-state index is 0.00523. The number of benzene rings is 1. The van der Waals surface area contributed by atoms with E-state index in [-0.39, 0.29) is 4.90 Å². The molecule has 0 unspecified atom stereocenters. The van der Waals surface area contributed by atoms with Gasteiger partial charge in [0.15, 0.2) is 0 Å². The second-order valence-corrected chi connectivity index (χ2v) is 7.51. The quantitative estimate of drug-likeness (QED) is 0.608. The average Bonchev–Trinajstić information content (AvgIpc) is 2.51. The molecule has 0 saturated carbocycles. The van der Waals surface area contributed by atoms with Crippen LogP contribution >= 0.6 is 0 Å². The number of aliphatic hydroxyl groups excluding tert-OH is 1. The molecule has 0 spiro atoms. The predicted octanol–water partition coefficient (Wildman–Crippen LogP) is 0.194. The van der Waals surface area contributed by atoms with Crippen molar-refractivity contribution in [3.63, 3.8) is 0 Å². The van der Waals surface area contributed by atoms with Gasteiger partial charge in [-0.1, -0.05) is 31.5 Å². The summed E-state index contributed by atoms with van der Waals surface area (Å²) < 4.78 is 31.1. The van der Waals surface area contributed by atoms with E-state index in [1.807, 2.05) is 6.92 Å². The number of ether oxygens (including phenoxy) is 1. The van der Waals surface area contributed by atoms with E-state index < -0.39 is 40.2 Å². The van der Waals surface area contributed by atoms with Crippen molar-refractivity contribution in [2.24, 2.45) is 5.92 Å². The third-order valence-electron chi connectivity index (χ3n) is 3.52. The molecule has 0 radical (unpaired) electrons. The molecule has 0 bridgehead atoms. The second-order valence-electron chi connectivity index (χ2n) is 5.74. The van der Waals surface area contributed by atoms with Gasteiger partial charge in [0.05, 0.1) is 24.7 Å². The van der Waals surface area contributed by atoms with Gasteiger partial charge in [-0.15, -0.1) is 0 Å². The highest BCUT2D eigenvalue weighted by molar-refractivity contribution is 7.89. The van der Waals surface area contributed by atoms with E-state index in [1.54, 1.807) is 26.0 Å². The number of aryl methyl sites for hydroxylation is 1. The van der Waals surface area contributed by atoms with Gasteiger partial charge >= 0.3 is 5.97 Å². The molecule has 0 aliphatic heterocycles. The first-order chi connectivity index (χ1) is 10.5. The molecule has 2 atom stereocenters. The molecule has 7 nitrogen and oxygen atoms in total. The van der Waals surface area contributed by atoms with Crippen LogP contribution < -0.4 is 4.72 Å². The molecule has 0 heterocycles. The van der Waals surface area contributed by atoms with Gasteiger partial charge in [0, 0.05) is 0 Å². The highest BCUT2D eigenvalue weighted by atomic mass is 32.2. The summed E-state index contributed by atoms with van der Waals surface area (Å²) in [6.45, 7) is 4.30. The summed E-state index contributed by atoms with van der Waals surface area (Å²) >= 11 is 0. The van der Waals surface area contributed by atoms with E-state index in [2.05, 4.69) is 9.46 Å². The minimum Gasteiger partial charge on any atom is -0.467 e. The zero-order valence-electron chi connectivity index (χ0n) is 13.6. The number of carbonyl (C=O) groups is 1. The average molecular weight is 345 g/mol. The number of aliphatic hydroxyl groups is 2. The third-order valence-corrected chi connectivity index (χ3v) is 4.94. The van der Waals surface area contributed by atoms with Crippen LogP contribution in [-0.4, -0.2) is 50.0 Å². The van der Waals surface area contributed by atoms with Gasteiger partial charge < -0.3 is 14.9 Å². The summed E-state index contributed by atoms with van der Waals surface area (Å²) in [6, 6.07) is 6.08. The van der Waals surface area contributed by atoms with Crippen molar-refractivity contribution < 1.29 is 28.2 Å². The van der Waals surface area contributed by atoms with Crippen molar-refractivity contribution >= 4 is 16.0 Å². The standard InChI is InChI=1S/C15H23NO6S/c1-10(2)13(17)15(19,14(18)22-4)9-16-23(20,21)12-7-5-11(3)6-8-12/h5-8,10,13,16-17,19H,9H2,1-4H3/t13-,15+/m0/s1. The van der Waals surface area contributed by atoms with Crippen LogP contribution in [0.1, 0.15) is 19.4 Å². The number of sulfonamides is 1. The molecule has 1 rings (SSSR count). The van der Waals surface area contributed by atoms with E-state index >= 15 is 0 Å². The molecule has 0 amide bonds. The lowest BCUT2D eigenvalue weighted by atomic mass is 9.89. The van der Waals surface area contributed by atoms with Crippen LogP contribution in [0.2, 0.25) is 0 Å². The second kappa shape index (κ2) is 7.39. The third kappa shape index (κ3) is 4.51. The Morgan fingerprint density at radius 1 is 1.30 bits per heavy atom. The molecule has 0 saturated heterocycles. The Hall–Kier alpha value is -1.48. The van der Waals surface area contributed by atoms with E-state index in [0.717, 1.165) is 12.7 Å². The van der Waals surface area contributed by atoms with Crippen molar-refractivity contribution in [2.45, 2.75) is 37.4 Å². The molecule has 0 aliphatic rings. The van der Waals surface area contributed by atoms with Crippen LogP contribution in [0.3, 0.4) is 0 Å². The van der Waals surface area contributed by atoms with Crippen LogP contribution in [0.4, 0.5) is 0 Å². The summed E-state index contributed by atoms with van der Waals surface area (Å²) in [5, 5.41) is 20.5. The lowest BCUT2D eigenvalue weighted by Gasteiger charge is -2.32. The van der Waals surface area contributed by atoms with Gasteiger partial charge in [-0.2, -0.15) is 0 Å². The predicted molar refractivity (Wildman–Crippen MR) is 84.2 cm³/mol. The highest BCUT2D eigenvalue weighted by Gasteiger charge is 2.46. The summed E-state index contributed by atoms with van der Waals surface area (Å²) in [5.41, 5.74) is -1.48. The lowest BCUT2D eigenvalue weighted by Crippen LogP contribution is -2.59. The Bertz CT molecular complexity index is 640. The smallest absolute Gasteiger partial charge is 0.342 e. The van der Waals surface area contributed by atoms with Crippen molar-refractivity contribution in [1.29, 1.82) is 0 Å². The number of rotatable bonds is 7. The molecule has 23 heavy (non-hydrogen) atoms. The first-order valence-electron chi connectivity index (χ1n) is 7.10. The highest BCUT2D eigenvalue weighted by Crippen LogP contribution is 2.20. The Morgan fingerprint density at radius 3 is 2.26 bits per heavy atom. The molecule has 0 aliphatic carbocycles. The Labute approximate surface area is 136 Å². The van der Waals surface area contributed by atoms with Crippen molar-refractivity contribution in [3.8, 4) is 0 Å². The zero-order valence-corrected chi connectivity index (χ0v) is 14.4. The number of esters is 1. The topological polar surface area (TPSA) is 113 Å². The SMILES string of the molecule is COC(=O)[C@@](O)(CNS(=O)(=O)c1ccc(C)cc1)[C@@H](O)C(C)C. The number of methoxy groups -OCH3 is 1. The van der Waals surface area contributed by atoms with E-state index in [4.69, 9.17) is 0 Å². The van der Waals surface area contributed by atoms with E-state index in [0.29, 0.717) is 0 Å². The molecule has 1 aromatic rings. The number of hydrogen-bond donors (Lipinski definition) is 3. The number of nitrogens with one attached hydrogen (secondary N) is 1. The summed E-state index contributed by atoms with van der Waals surface area (Å²) in [5.74, 6) is -1.59. The fourth-order valence-corrected chi connectivity index (χ4v) is 3.10. The van der Waals surface area contributed by atoms with Crippen molar-refractivity contribution in [2.75, 3.05) is 13.7 Å². The fraction of sp³-hybridized carbons (Fsp3) is 0.533. The van der Waals surface area contributed by atoms with Gasteiger partial charge in [0.2, 0.25) is 15.6 Å². The molecule has 8 heteroatoms. The fourth-order valence-electron chi connectivity index (χ4n) is 2.03. The maximum absolute atomic E-state index is 12.2. The molecule has 3 N–H and O–H groups in total.